The zero-order valence-corrected chi connectivity index (χ0v) is 8.00. The Kier molecular flexibility index (Phi) is 2.49. The molecule has 0 bridgehead atoms. The van der Waals surface area contributed by atoms with Crippen LogP contribution in [0.3, 0.4) is 0 Å². The van der Waals surface area contributed by atoms with Gasteiger partial charge in [-0.05, 0) is 18.2 Å². The molecule has 0 saturated carbocycles. The van der Waals surface area contributed by atoms with Crippen molar-refractivity contribution in [1.82, 2.24) is 4.90 Å². The Balaban J connectivity index is 2.32. The third kappa shape index (κ3) is 2.04. The van der Waals surface area contributed by atoms with Crippen LogP contribution in [0.2, 0.25) is 0 Å². The number of carboxylic acid groups (broad SMARTS) is 1. The van der Waals surface area contributed by atoms with Crippen molar-refractivity contribution in [1.29, 1.82) is 0 Å². The molecule has 4 heteroatoms. The molecule has 0 radical (unpaired) electrons. The van der Waals surface area contributed by atoms with Crippen molar-refractivity contribution in [3.63, 3.8) is 0 Å². The molecule has 1 N–H and O–H groups in total. The summed E-state index contributed by atoms with van der Waals surface area (Å²) < 4.78 is 0. The first-order valence-corrected chi connectivity index (χ1v) is 4.56. The summed E-state index contributed by atoms with van der Waals surface area (Å²) in [4.78, 5) is 16.7. The predicted molar refractivity (Wildman–Crippen MR) is 57.3 cm³/mol. The summed E-state index contributed by atoms with van der Waals surface area (Å²) in [5.41, 5.74) is 1.17. The molecule has 2 heterocycles. The molecular weight excluding hydrogens is 192 g/mol. The predicted octanol–water partition coefficient (Wildman–Crippen LogP) is 1.31. The fourth-order valence-electron chi connectivity index (χ4n) is 1.36. The summed E-state index contributed by atoms with van der Waals surface area (Å²) in [7, 11) is 0. The number of aliphatic carboxylic acids is 1. The number of carbonyl (C=O) groups is 1. The maximum absolute atomic E-state index is 10.8. The lowest BCUT2D eigenvalue weighted by Gasteiger charge is -2.23. The van der Waals surface area contributed by atoms with E-state index in [0.29, 0.717) is 6.54 Å². The Labute approximate surface area is 87.2 Å². The highest BCUT2D eigenvalue weighted by molar-refractivity contribution is 5.90. The van der Waals surface area contributed by atoms with Gasteiger partial charge in [0.05, 0.1) is 17.5 Å². The van der Waals surface area contributed by atoms with E-state index in [0.717, 1.165) is 5.70 Å². The monoisotopic (exact) mass is 202 g/mol. The first-order chi connectivity index (χ1) is 7.27. The van der Waals surface area contributed by atoms with Crippen molar-refractivity contribution >= 4 is 12.2 Å². The molecule has 0 aromatic heterocycles. The zero-order valence-electron chi connectivity index (χ0n) is 8.00. The second kappa shape index (κ2) is 3.96. The van der Waals surface area contributed by atoms with Crippen LogP contribution in [-0.4, -0.2) is 28.7 Å². The molecule has 0 atom stereocenters. The number of fused-ring (bicyclic) bond motifs is 1. The van der Waals surface area contributed by atoms with Gasteiger partial charge in [0.25, 0.3) is 0 Å². The number of allylic oxidation sites excluding steroid dienone is 2. The van der Waals surface area contributed by atoms with Crippen molar-refractivity contribution in [2.24, 2.45) is 4.99 Å². The first-order valence-electron chi connectivity index (χ1n) is 4.56. The van der Waals surface area contributed by atoms with Gasteiger partial charge in [-0.1, -0.05) is 6.08 Å². The smallest absolute Gasteiger partial charge is 0.337 e. The lowest BCUT2D eigenvalue weighted by molar-refractivity contribution is -0.132. The molecule has 0 aliphatic carbocycles. The summed E-state index contributed by atoms with van der Waals surface area (Å²) in [6, 6.07) is 0. The summed E-state index contributed by atoms with van der Waals surface area (Å²) >= 11 is 0. The molecule has 0 unspecified atom stereocenters. The number of rotatable bonds is 1. The van der Waals surface area contributed by atoms with Gasteiger partial charge >= 0.3 is 5.97 Å². The van der Waals surface area contributed by atoms with Crippen LogP contribution in [0.25, 0.3) is 0 Å². The minimum atomic E-state index is -0.917. The highest BCUT2D eigenvalue weighted by Crippen LogP contribution is 2.17. The molecule has 2 aliphatic heterocycles. The molecule has 0 aromatic rings. The second-order valence-electron chi connectivity index (χ2n) is 3.16. The van der Waals surface area contributed by atoms with Gasteiger partial charge in [0.2, 0.25) is 0 Å². The molecule has 0 spiro atoms. The fourth-order valence-corrected chi connectivity index (χ4v) is 1.36. The van der Waals surface area contributed by atoms with Crippen LogP contribution < -0.4 is 0 Å². The van der Waals surface area contributed by atoms with E-state index in [4.69, 9.17) is 5.11 Å². The molecule has 0 saturated heterocycles. The molecule has 4 nitrogen and oxygen atoms in total. The van der Waals surface area contributed by atoms with Gasteiger partial charge < -0.3 is 10.0 Å². The first kappa shape index (κ1) is 9.45. The Morgan fingerprint density at radius 2 is 2.33 bits per heavy atom. The average molecular weight is 202 g/mol. The quantitative estimate of drug-likeness (QED) is 0.697. The fraction of sp³-hybridized carbons (Fsp3) is 0.0909. The van der Waals surface area contributed by atoms with Crippen molar-refractivity contribution in [2.75, 3.05) is 6.54 Å². The van der Waals surface area contributed by atoms with E-state index in [-0.39, 0.29) is 5.57 Å². The Hall–Kier alpha value is -2.10. The summed E-state index contributed by atoms with van der Waals surface area (Å²) in [5.74, 6) is -0.917. The number of hydrogen-bond acceptors (Lipinski definition) is 3. The lowest BCUT2D eigenvalue weighted by Crippen LogP contribution is -2.21. The van der Waals surface area contributed by atoms with Gasteiger partial charge in [-0.15, -0.1) is 0 Å². The number of hydrogen-bond donors (Lipinski definition) is 1. The van der Waals surface area contributed by atoms with E-state index in [2.05, 4.69) is 4.99 Å². The molecule has 15 heavy (non-hydrogen) atoms. The number of carboxylic acids is 1. The molecule has 0 aromatic carbocycles. The Morgan fingerprint density at radius 1 is 1.47 bits per heavy atom. The van der Waals surface area contributed by atoms with E-state index in [1.807, 2.05) is 17.1 Å². The van der Waals surface area contributed by atoms with Gasteiger partial charge in [-0.25, -0.2) is 4.79 Å². The maximum Gasteiger partial charge on any atom is 0.337 e. The van der Waals surface area contributed by atoms with E-state index in [9.17, 15) is 4.79 Å². The Morgan fingerprint density at radius 3 is 3.13 bits per heavy atom. The van der Waals surface area contributed by atoms with E-state index in [1.54, 1.807) is 30.8 Å². The lowest BCUT2D eigenvalue weighted by atomic mass is 10.1. The molecule has 0 amide bonds. The van der Waals surface area contributed by atoms with Crippen molar-refractivity contribution in [3.8, 4) is 0 Å². The normalized spacial score (nSPS) is 18.8. The standard InChI is InChI=1S/C11H10N2O2/c14-11(15)9-3-4-10-7-12-5-1-2-6-13(10)8-9/h1-5,7-8H,6H2,(H,14,15). The second-order valence-corrected chi connectivity index (χ2v) is 3.16. The average Bonchev–Trinajstić information content (AvgIpc) is 2.18. The van der Waals surface area contributed by atoms with Crippen LogP contribution in [0, 0.1) is 0 Å². The third-order valence-corrected chi connectivity index (χ3v) is 2.12. The van der Waals surface area contributed by atoms with Crippen LogP contribution >= 0.6 is 0 Å². The van der Waals surface area contributed by atoms with E-state index >= 15 is 0 Å². The number of nitrogens with zero attached hydrogens (tertiary/aromatic N) is 2. The summed E-state index contributed by atoms with van der Waals surface area (Å²) in [6.45, 7) is 0.652. The molecule has 2 rings (SSSR count). The molecule has 76 valence electrons. The number of aliphatic imine (C=N–C) groups is 1. The third-order valence-electron chi connectivity index (χ3n) is 2.12. The summed E-state index contributed by atoms with van der Waals surface area (Å²) in [6.07, 6.45) is 12.1. The minimum absolute atomic E-state index is 0.283. The van der Waals surface area contributed by atoms with Gasteiger partial charge in [-0.2, -0.15) is 0 Å². The summed E-state index contributed by atoms with van der Waals surface area (Å²) in [5, 5.41) is 8.84. The zero-order chi connectivity index (χ0) is 10.7. The minimum Gasteiger partial charge on any atom is -0.478 e. The van der Waals surface area contributed by atoms with E-state index in [1.165, 1.54) is 0 Å². The van der Waals surface area contributed by atoms with Crippen LogP contribution in [-0.2, 0) is 4.79 Å². The van der Waals surface area contributed by atoms with Gasteiger partial charge in [0.1, 0.15) is 0 Å². The van der Waals surface area contributed by atoms with Crippen molar-refractivity contribution < 1.29 is 9.90 Å². The van der Waals surface area contributed by atoms with E-state index < -0.39 is 5.97 Å². The highest BCUT2D eigenvalue weighted by Gasteiger charge is 2.13. The largest absolute Gasteiger partial charge is 0.478 e. The van der Waals surface area contributed by atoms with Crippen molar-refractivity contribution in [2.45, 2.75) is 0 Å². The van der Waals surface area contributed by atoms with Crippen LogP contribution in [0.5, 0.6) is 0 Å². The molecule has 2 aliphatic rings. The van der Waals surface area contributed by atoms with Crippen LogP contribution in [0.4, 0.5) is 0 Å². The Bertz CT molecular complexity index is 428. The highest BCUT2D eigenvalue weighted by atomic mass is 16.4. The topological polar surface area (TPSA) is 52.9 Å². The SMILES string of the molecule is O=C(O)C1=CN2CC=CC=NC=C2C=C1. The van der Waals surface area contributed by atoms with Crippen LogP contribution in [0.1, 0.15) is 0 Å². The van der Waals surface area contributed by atoms with Crippen molar-refractivity contribution in [3.05, 3.63) is 48.0 Å². The van der Waals surface area contributed by atoms with Gasteiger partial charge in [0, 0.05) is 19.0 Å². The van der Waals surface area contributed by atoms with Crippen LogP contribution in [0.15, 0.2) is 53.0 Å². The maximum atomic E-state index is 10.8. The van der Waals surface area contributed by atoms with Gasteiger partial charge in [0.15, 0.2) is 0 Å². The van der Waals surface area contributed by atoms with Gasteiger partial charge in [-0.3, -0.25) is 4.99 Å². The molecular formula is C11H10N2O2. The molecule has 0 fully saturated rings.